The van der Waals surface area contributed by atoms with Gasteiger partial charge in [0.25, 0.3) is 0 Å². The van der Waals surface area contributed by atoms with Crippen molar-refractivity contribution in [1.82, 2.24) is 10.3 Å². The fourth-order valence-corrected chi connectivity index (χ4v) is 3.33. The average molecular weight is 288 g/mol. The highest BCUT2D eigenvalue weighted by molar-refractivity contribution is 7.11. The van der Waals surface area contributed by atoms with Gasteiger partial charge in [-0.15, -0.1) is 11.3 Å². The van der Waals surface area contributed by atoms with E-state index in [1.807, 2.05) is 11.3 Å². The fraction of sp³-hybridized carbons (Fsp3) is 0.471. The van der Waals surface area contributed by atoms with Gasteiger partial charge in [-0.25, -0.2) is 4.98 Å². The van der Waals surface area contributed by atoms with Crippen LogP contribution in [0.25, 0.3) is 0 Å². The quantitative estimate of drug-likeness (QED) is 0.878. The summed E-state index contributed by atoms with van der Waals surface area (Å²) < 4.78 is 0. The minimum atomic E-state index is 0.215. The lowest BCUT2D eigenvalue weighted by atomic mass is 9.99. The Labute approximate surface area is 126 Å². The summed E-state index contributed by atoms with van der Waals surface area (Å²) >= 11 is 1.81. The third-order valence-corrected chi connectivity index (χ3v) is 4.77. The first-order valence-electron chi connectivity index (χ1n) is 7.27. The average Bonchev–Trinajstić information content (AvgIpc) is 2.74. The zero-order valence-electron chi connectivity index (χ0n) is 13.1. The number of hydrogen-bond donors (Lipinski definition) is 1. The highest BCUT2D eigenvalue weighted by atomic mass is 32.1. The second-order valence-electron chi connectivity index (χ2n) is 5.44. The molecule has 1 aromatic carbocycles. The third-order valence-electron chi connectivity index (χ3n) is 3.64. The van der Waals surface area contributed by atoms with Crippen molar-refractivity contribution < 1.29 is 0 Å². The van der Waals surface area contributed by atoms with E-state index >= 15 is 0 Å². The van der Waals surface area contributed by atoms with Gasteiger partial charge in [-0.1, -0.05) is 30.7 Å². The van der Waals surface area contributed by atoms with E-state index < -0.39 is 0 Å². The molecule has 20 heavy (non-hydrogen) atoms. The van der Waals surface area contributed by atoms with Crippen LogP contribution in [0, 0.1) is 27.7 Å². The van der Waals surface area contributed by atoms with Crippen molar-refractivity contribution in [1.29, 1.82) is 0 Å². The van der Waals surface area contributed by atoms with Crippen molar-refractivity contribution in [3.05, 3.63) is 50.5 Å². The maximum Gasteiger partial charge on any atom is 0.115 e. The van der Waals surface area contributed by atoms with Crippen LogP contribution in [-0.4, -0.2) is 11.5 Å². The number of aryl methyl sites for hydroxylation is 4. The van der Waals surface area contributed by atoms with Crippen LogP contribution in [0.1, 0.15) is 51.7 Å². The van der Waals surface area contributed by atoms with E-state index in [1.165, 1.54) is 26.6 Å². The second-order valence-corrected chi connectivity index (χ2v) is 6.68. The maximum atomic E-state index is 4.77. The molecule has 1 unspecified atom stereocenters. The van der Waals surface area contributed by atoms with E-state index in [2.05, 4.69) is 58.1 Å². The van der Waals surface area contributed by atoms with Crippen LogP contribution in [0.3, 0.4) is 0 Å². The van der Waals surface area contributed by atoms with Crippen molar-refractivity contribution in [2.24, 2.45) is 0 Å². The number of nitrogens with one attached hydrogen (secondary N) is 1. The molecule has 2 nitrogen and oxygen atoms in total. The Bertz CT molecular complexity index is 567. The van der Waals surface area contributed by atoms with E-state index in [0.29, 0.717) is 0 Å². The number of aromatic nitrogens is 1. The molecule has 0 fully saturated rings. The van der Waals surface area contributed by atoms with Crippen molar-refractivity contribution in [3.8, 4) is 0 Å². The zero-order valence-corrected chi connectivity index (χ0v) is 13.9. The summed E-state index contributed by atoms with van der Waals surface area (Å²) in [6, 6.07) is 6.88. The van der Waals surface area contributed by atoms with Crippen LogP contribution in [0.2, 0.25) is 0 Å². The van der Waals surface area contributed by atoms with Gasteiger partial charge in [-0.3, -0.25) is 0 Å². The summed E-state index contributed by atoms with van der Waals surface area (Å²) in [5.74, 6) is 0. The number of benzene rings is 1. The van der Waals surface area contributed by atoms with Gasteiger partial charge in [-0.2, -0.15) is 0 Å². The van der Waals surface area contributed by atoms with Crippen LogP contribution < -0.4 is 5.32 Å². The highest BCUT2D eigenvalue weighted by Gasteiger charge is 2.19. The molecule has 1 aromatic heterocycles. The molecule has 0 spiro atoms. The smallest absolute Gasteiger partial charge is 0.115 e. The molecule has 1 heterocycles. The van der Waals surface area contributed by atoms with Gasteiger partial charge in [0, 0.05) is 4.88 Å². The molecule has 0 bridgehead atoms. The first-order chi connectivity index (χ1) is 9.52. The SMILES string of the molecule is CCCNC(c1nc(C)c(C)s1)c1cc(C)ccc1C. The Balaban J connectivity index is 2.43. The van der Waals surface area contributed by atoms with Crippen molar-refractivity contribution in [3.63, 3.8) is 0 Å². The second kappa shape index (κ2) is 6.51. The Morgan fingerprint density at radius 3 is 2.55 bits per heavy atom. The van der Waals surface area contributed by atoms with Gasteiger partial charge < -0.3 is 5.32 Å². The summed E-state index contributed by atoms with van der Waals surface area (Å²) in [6.45, 7) is 11.8. The summed E-state index contributed by atoms with van der Waals surface area (Å²) in [7, 11) is 0. The summed E-state index contributed by atoms with van der Waals surface area (Å²) in [4.78, 5) is 6.08. The number of thiazole rings is 1. The van der Waals surface area contributed by atoms with E-state index in [0.717, 1.165) is 18.7 Å². The molecule has 1 N–H and O–H groups in total. The summed E-state index contributed by atoms with van der Waals surface area (Å²) in [6.07, 6.45) is 1.13. The molecule has 0 saturated carbocycles. The van der Waals surface area contributed by atoms with Gasteiger partial charge in [0.2, 0.25) is 0 Å². The molecular formula is C17H24N2S. The third kappa shape index (κ3) is 3.28. The molecule has 1 atom stereocenters. The summed E-state index contributed by atoms with van der Waals surface area (Å²) in [5.41, 5.74) is 5.14. The van der Waals surface area contributed by atoms with E-state index in [9.17, 15) is 0 Å². The molecule has 3 heteroatoms. The minimum absolute atomic E-state index is 0.215. The Morgan fingerprint density at radius 1 is 1.20 bits per heavy atom. The number of rotatable bonds is 5. The van der Waals surface area contributed by atoms with Crippen LogP contribution in [0.5, 0.6) is 0 Å². The van der Waals surface area contributed by atoms with Gasteiger partial charge in [0.05, 0.1) is 11.7 Å². The molecule has 0 amide bonds. The van der Waals surface area contributed by atoms with E-state index in [4.69, 9.17) is 4.98 Å². The first kappa shape index (κ1) is 15.2. The van der Waals surface area contributed by atoms with Crippen LogP contribution in [0.15, 0.2) is 18.2 Å². The predicted molar refractivity (Wildman–Crippen MR) is 87.6 cm³/mol. The first-order valence-corrected chi connectivity index (χ1v) is 8.09. The molecule has 108 valence electrons. The van der Waals surface area contributed by atoms with Crippen molar-refractivity contribution >= 4 is 11.3 Å². The topological polar surface area (TPSA) is 24.9 Å². The van der Waals surface area contributed by atoms with E-state index in [-0.39, 0.29) is 6.04 Å². The molecule has 0 aliphatic carbocycles. The monoisotopic (exact) mass is 288 g/mol. The molecule has 2 rings (SSSR count). The molecule has 0 aliphatic heterocycles. The Kier molecular flexibility index (Phi) is 4.95. The number of hydrogen-bond acceptors (Lipinski definition) is 3. The lowest BCUT2D eigenvalue weighted by Crippen LogP contribution is -2.24. The Hall–Kier alpha value is -1.19. The molecule has 2 aromatic rings. The summed E-state index contributed by atoms with van der Waals surface area (Å²) in [5, 5.41) is 4.84. The lowest BCUT2D eigenvalue weighted by Gasteiger charge is -2.19. The largest absolute Gasteiger partial charge is 0.304 e. The normalized spacial score (nSPS) is 12.7. The van der Waals surface area contributed by atoms with Gasteiger partial charge in [-0.05, 0) is 51.8 Å². The molecule has 0 saturated heterocycles. The molecular weight excluding hydrogens is 264 g/mol. The predicted octanol–water partition coefficient (Wildman–Crippen LogP) is 4.47. The minimum Gasteiger partial charge on any atom is -0.304 e. The maximum absolute atomic E-state index is 4.77. The standard InChI is InChI=1S/C17H24N2S/c1-6-9-18-16(17-19-13(4)14(5)20-17)15-10-11(2)7-8-12(15)3/h7-8,10,16,18H,6,9H2,1-5H3. The van der Waals surface area contributed by atoms with Crippen LogP contribution in [0.4, 0.5) is 0 Å². The van der Waals surface area contributed by atoms with Crippen molar-refractivity contribution in [2.75, 3.05) is 6.54 Å². The highest BCUT2D eigenvalue weighted by Crippen LogP contribution is 2.30. The Morgan fingerprint density at radius 2 is 1.95 bits per heavy atom. The zero-order chi connectivity index (χ0) is 14.7. The van der Waals surface area contributed by atoms with E-state index in [1.54, 1.807) is 0 Å². The fourth-order valence-electron chi connectivity index (χ4n) is 2.31. The van der Waals surface area contributed by atoms with Gasteiger partial charge >= 0.3 is 0 Å². The van der Waals surface area contributed by atoms with Gasteiger partial charge in [0.1, 0.15) is 5.01 Å². The van der Waals surface area contributed by atoms with Crippen molar-refractivity contribution in [2.45, 2.75) is 47.1 Å². The van der Waals surface area contributed by atoms with Gasteiger partial charge in [0.15, 0.2) is 0 Å². The van der Waals surface area contributed by atoms with Crippen LogP contribution in [-0.2, 0) is 0 Å². The lowest BCUT2D eigenvalue weighted by molar-refractivity contribution is 0.592. The number of nitrogens with zero attached hydrogens (tertiary/aromatic N) is 1. The molecule has 0 radical (unpaired) electrons. The molecule has 0 aliphatic rings. The van der Waals surface area contributed by atoms with Crippen LogP contribution >= 0.6 is 11.3 Å².